The van der Waals surface area contributed by atoms with Gasteiger partial charge in [-0.25, -0.2) is 0 Å². The molecule has 0 bridgehead atoms. The molecule has 0 aromatic heterocycles. The van der Waals surface area contributed by atoms with Crippen LogP contribution in [0.25, 0.3) is 10.8 Å². The minimum absolute atomic E-state index is 0.349. The summed E-state index contributed by atoms with van der Waals surface area (Å²) in [6.45, 7) is 5.50. The zero-order chi connectivity index (χ0) is 16.8. The highest BCUT2D eigenvalue weighted by atomic mass is 16.5. The number of benzene rings is 2. The minimum Gasteiger partial charge on any atom is -0.493 e. The Labute approximate surface area is 147 Å². The molecule has 0 radical (unpaired) electrons. The van der Waals surface area contributed by atoms with Crippen LogP contribution in [0.4, 0.5) is 0 Å². The summed E-state index contributed by atoms with van der Waals surface area (Å²) in [5, 5.41) is 2.74. The number of ether oxygens (including phenoxy) is 1. The van der Waals surface area contributed by atoms with Crippen LogP contribution < -0.4 is 4.74 Å². The fourth-order valence-corrected chi connectivity index (χ4v) is 4.24. The van der Waals surface area contributed by atoms with Gasteiger partial charge in [-0.15, -0.1) is 0 Å². The third kappa shape index (κ3) is 3.77. The van der Waals surface area contributed by atoms with Crippen LogP contribution in [-0.2, 0) is 6.42 Å². The fourth-order valence-electron chi connectivity index (χ4n) is 4.24. The van der Waals surface area contributed by atoms with Crippen LogP contribution in [0.2, 0.25) is 0 Å². The lowest BCUT2D eigenvalue weighted by atomic mass is 9.72. The molecule has 24 heavy (non-hydrogen) atoms. The van der Waals surface area contributed by atoms with Crippen LogP contribution in [-0.4, -0.2) is 6.61 Å². The third-order valence-electron chi connectivity index (χ3n) is 5.70. The number of rotatable bonds is 8. The van der Waals surface area contributed by atoms with Gasteiger partial charge in [0.05, 0.1) is 6.61 Å². The summed E-state index contributed by atoms with van der Waals surface area (Å²) in [4.78, 5) is 0. The maximum absolute atomic E-state index is 6.31. The van der Waals surface area contributed by atoms with Crippen molar-refractivity contribution in [2.24, 2.45) is 5.41 Å². The summed E-state index contributed by atoms with van der Waals surface area (Å²) < 4.78 is 6.31. The zero-order valence-electron chi connectivity index (χ0n) is 15.4. The van der Waals surface area contributed by atoms with E-state index in [0.717, 1.165) is 12.4 Å². The van der Waals surface area contributed by atoms with Gasteiger partial charge in [-0.1, -0.05) is 82.7 Å². The van der Waals surface area contributed by atoms with E-state index in [1.165, 1.54) is 74.1 Å². The van der Waals surface area contributed by atoms with Crippen molar-refractivity contribution in [3.05, 3.63) is 42.0 Å². The average molecular weight is 325 g/mol. The minimum atomic E-state index is 0.349. The number of hydrogen-bond donors (Lipinski definition) is 0. The number of unbranched alkanes of at least 4 members (excludes halogenated alkanes) is 4. The Bertz CT molecular complexity index is 648. The molecule has 1 aliphatic rings. The van der Waals surface area contributed by atoms with Gasteiger partial charge in [-0.2, -0.15) is 0 Å². The average Bonchev–Trinajstić information content (AvgIpc) is 2.62. The lowest BCUT2D eigenvalue weighted by Crippen LogP contribution is -2.35. The Morgan fingerprint density at radius 2 is 1.58 bits per heavy atom. The van der Waals surface area contributed by atoms with E-state index < -0.39 is 0 Å². The van der Waals surface area contributed by atoms with Crippen LogP contribution in [0, 0.1) is 5.41 Å². The predicted octanol–water partition coefficient (Wildman–Crippen LogP) is 6.92. The molecule has 130 valence electrons. The molecular weight excluding hydrogens is 292 g/mol. The molecule has 1 aliphatic heterocycles. The molecule has 3 rings (SSSR count). The second kappa shape index (κ2) is 8.05. The molecule has 0 amide bonds. The summed E-state index contributed by atoms with van der Waals surface area (Å²) in [5.41, 5.74) is 1.80. The molecule has 0 fully saturated rings. The van der Waals surface area contributed by atoms with Crippen LogP contribution in [0.5, 0.6) is 5.75 Å². The van der Waals surface area contributed by atoms with Crippen molar-refractivity contribution in [2.45, 2.75) is 71.6 Å². The van der Waals surface area contributed by atoms with E-state index in [4.69, 9.17) is 4.74 Å². The first-order valence-electron chi connectivity index (χ1n) is 9.91. The van der Waals surface area contributed by atoms with Crippen molar-refractivity contribution in [3.63, 3.8) is 0 Å². The monoisotopic (exact) mass is 324 g/mol. The molecule has 1 heteroatoms. The third-order valence-corrected chi connectivity index (χ3v) is 5.70. The van der Waals surface area contributed by atoms with E-state index >= 15 is 0 Å². The predicted molar refractivity (Wildman–Crippen MR) is 104 cm³/mol. The van der Waals surface area contributed by atoms with Gasteiger partial charge in [0.25, 0.3) is 0 Å². The Morgan fingerprint density at radius 1 is 0.875 bits per heavy atom. The first-order chi connectivity index (χ1) is 11.8. The molecule has 2 aromatic rings. The Morgan fingerprint density at radius 3 is 2.29 bits per heavy atom. The summed E-state index contributed by atoms with van der Waals surface area (Å²) in [6.07, 6.45) is 11.8. The molecule has 0 N–H and O–H groups in total. The van der Waals surface area contributed by atoms with E-state index in [9.17, 15) is 0 Å². The largest absolute Gasteiger partial charge is 0.493 e. The van der Waals surface area contributed by atoms with E-state index in [1.807, 2.05) is 0 Å². The maximum atomic E-state index is 6.31. The topological polar surface area (TPSA) is 9.23 Å². The number of fused-ring (bicyclic) bond motifs is 3. The normalized spacial score (nSPS) is 15.9. The molecule has 0 saturated heterocycles. The quantitative estimate of drug-likeness (QED) is 0.479. The molecule has 1 nitrogen and oxygen atoms in total. The highest BCUT2D eigenvalue weighted by molar-refractivity contribution is 5.88. The van der Waals surface area contributed by atoms with Gasteiger partial charge < -0.3 is 4.74 Å². The lowest BCUT2D eigenvalue weighted by Gasteiger charge is -2.39. The van der Waals surface area contributed by atoms with Gasteiger partial charge in [0.2, 0.25) is 0 Å². The van der Waals surface area contributed by atoms with Crippen LogP contribution in [0.15, 0.2) is 36.4 Å². The fraction of sp³-hybridized carbons (Fsp3) is 0.565. The molecule has 0 saturated carbocycles. The Balaban J connectivity index is 1.87. The van der Waals surface area contributed by atoms with Crippen LogP contribution >= 0.6 is 0 Å². The summed E-state index contributed by atoms with van der Waals surface area (Å²) in [5.74, 6) is 1.12. The molecule has 1 heterocycles. The maximum Gasteiger partial charge on any atom is 0.123 e. The van der Waals surface area contributed by atoms with Crippen molar-refractivity contribution in [1.82, 2.24) is 0 Å². The van der Waals surface area contributed by atoms with Crippen molar-refractivity contribution in [1.29, 1.82) is 0 Å². The van der Waals surface area contributed by atoms with Crippen molar-refractivity contribution in [2.75, 3.05) is 6.61 Å². The summed E-state index contributed by atoms with van der Waals surface area (Å²) >= 11 is 0. The molecule has 0 atom stereocenters. The van der Waals surface area contributed by atoms with Gasteiger partial charge in [-0.05, 0) is 36.1 Å². The Hall–Kier alpha value is -1.50. The number of hydrogen-bond acceptors (Lipinski definition) is 1. The van der Waals surface area contributed by atoms with Crippen LogP contribution in [0.1, 0.15) is 70.8 Å². The smallest absolute Gasteiger partial charge is 0.123 e. The van der Waals surface area contributed by atoms with Gasteiger partial charge in [0, 0.05) is 11.0 Å². The summed E-state index contributed by atoms with van der Waals surface area (Å²) in [7, 11) is 0. The second-order valence-corrected chi connectivity index (χ2v) is 7.64. The van der Waals surface area contributed by atoms with Gasteiger partial charge in [0.15, 0.2) is 0 Å². The van der Waals surface area contributed by atoms with E-state index in [2.05, 4.69) is 50.2 Å². The SMILES string of the molecule is CCCCCC1(CCCCC)COc2ccc3ccccc3c2C1. The molecule has 0 spiro atoms. The van der Waals surface area contributed by atoms with Gasteiger partial charge in [-0.3, -0.25) is 0 Å². The van der Waals surface area contributed by atoms with Gasteiger partial charge >= 0.3 is 0 Å². The highest BCUT2D eigenvalue weighted by Gasteiger charge is 2.35. The Kier molecular flexibility index (Phi) is 5.81. The highest BCUT2D eigenvalue weighted by Crippen LogP contribution is 2.44. The standard InChI is InChI=1S/C23H32O/c1-3-5-9-15-23(16-10-6-4-2)17-21-20-12-8-7-11-19(20)13-14-22(21)24-18-23/h7-8,11-14H,3-6,9-10,15-18H2,1-2H3. The van der Waals surface area contributed by atoms with Crippen LogP contribution in [0.3, 0.4) is 0 Å². The summed E-state index contributed by atoms with van der Waals surface area (Å²) in [6, 6.07) is 13.2. The van der Waals surface area contributed by atoms with Crippen molar-refractivity contribution in [3.8, 4) is 5.75 Å². The molecule has 0 unspecified atom stereocenters. The zero-order valence-corrected chi connectivity index (χ0v) is 15.4. The first-order valence-corrected chi connectivity index (χ1v) is 9.91. The van der Waals surface area contributed by atoms with Crippen molar-refractivity contribution < 1.29 is 4.74 Å². The molecule has 2 aromatic carbocycles. The van der Waals surface area contributed by atoms with E-state index in [0.29, 0.717) is 5.41 Å². The molecular formula is C23H32O. The van der Waals surface area contributed by atoms with Crippen molar-refractivity contribution >= 4 is 10.8 Å². The lowest BCUT2D eigenvalue weighted by molar-refractivity contribution is 0.0946. The molecule has 0 aliphatic carbocycles. The van der Waals surface area contributed by atoms with E-state index in [-0.39, 0.29) is 0 Å². The van der Waals surface area contributed by atoms with E-state index in [1.54, 1.807) is 0 Å². The first kappa shape index (κ1) is 17.3. The van der Waals surface area contributed by atoms with Gasteiger partial charge in [0.1, 0.15) is 5.75 Å². The second-order valence-electron chi connectivity index (χ2n) is 7.64.